The first kappa shape index (κ1) is 11.5. The molecule has 2 heterocycles. The quantitative estimate of drug-likeness (QED) is 0.876. The van der Waals surface area contributed by atoms with Crippen molar-refractivity contribution in [3.05, 3.63) is 47.8 Å². The predicted octanol–water partition coefficient (Wildman–Crippen LogP) is 2.78. The van der Waals surface area contributed by atoms with E-state index in [1.54, 1.807) is 0 Å². The van der Waals surface area contributed by atoms with Gasteiger partial charge >= 0.3 is 0 Å². The summed E-state index contributed by atoms with van der Waals surface area (Å²) in [7, 11) is 0. The van der Waals surface area contributed by atoms with Gasteiger partial charge in [0.05, 0.1) is 11.9 Å². The fourth-order valence-electron chi connectivity index (χ4n) is 2.81. The zero-order valence-corrected chi connectivity index (χ0v) is 11.0. The Bertz CT molecular complexity index is 550. The molecule has 3 rings (SSSR count). The zero-order valence-electron chi connectivity index (χ0n) is 11.0. The molecule has 0 aliphatic carbocycles. The highest BCUT2D eigenvalue weighted by Gasteiger charge is 2.32. The highest BCUT2D eigenvalue weighted by atomic mass is 15.3. The summed E-state index contributed by atoms with van der Waals surface area (Å²) in [4.78, 5) is 0. The third-order valence-corrected chi connectivity index (χ3v) is 3.83. The Labute approximate surface area is 108 Å². The summed E-state index contributed by atoms with van der Waals surface area (Å²) in [5, 5.41) is 8.06. The summed E-state index contributed by atoms with van der Waals surface area (Å²) in [6, 6.07) is 8.55. The van der Waals surface area contributed by atoms with Crippen LogP contribution in [0.15, 0.2) is 36.7 Å². The third-order valence-electron chi connectivity index (χ3n) is 3.83. The topological polar surface area (TPSA) is 29.9 Å². The molecular weight excluding hydrogens is 222 g/mol. The van der Waals surface area contributed by atoms with E-state index in [1.165, 1.54) is 29.7 Å². The summed E-state index contributed by atoms with van der Waals surface area (Å²) in [6.45, 7) is 5.46. The van der Waals surface area contributed by atoms with E-state index in [0.717, 1.165) is 6.54 Å². The van der Waals surface area contributed by atoms with Crippen LogP contribution in [0.3, 0.4) is 0 Å². The molecule has 0 amide bonds. The number of benzene rings is 1. The number of aromatic nitrogens is 2. The number of para-hydroxylation sites is 1. The molecule has 0 radical (unpaired) electrons. The first-order chi connectivity index (χ1) is 8.69. The van der Waals surface area contributed by atoms with Gasteiger partial charge in [0.1, 0.15) is 0 Å². The van der Waals surface area contributed by atoms with E-state index in [-0.39, 0.29) is 5.54 Å². The molecule has 2 aromatic rings. The van der Waals surface area contributed by atoms with Gasteiger partial charge in [-0.2, -0.15) is 5.10 Å². The van der Waals surface area contributed by atoms with Crippen molar-refractivity contribution in [2.45, 2.75) is 32.2 Å². The number of nitrogens with one attached hydrogen (secondary N) is 1. The lowest BCUT2D eigenvalue weighted by Crippen LogP contribution is -2.34. The zero-order chi connectivity index (χ0) is 12.6. The van der Waals surface area contributed by atoms with E-state index in [2.05, 4.69) is 54.7 Å². The molecule has 1 N–H and O–H groups in total. The van der Waals surface area contributed by atoms with Crippen molar-refractivity contribution in [2.75, 3.05) is 6.54 Å². The second kappa shape index (κ2) is 4.25. The largest absolute Gasteiger partial charge is 0.308 e. The lowest BCUT2D eigenvalue weighted by Gasteiger charge is -2.27. The summed E-state index contributed by atoms with van der Waals surface area (Å²) in [5.41, 5.74) is 3.79. The van der Waals surface area contributed by atoms with Crippen molar-refractivity contribution < 1.29 is 0 Å². The first-order valence-corrected chi connectivity index (χ1v) is 6.55. The molecule has 1 fully saturated rings. The standard InChI is InChI=1S/C15H19N3/c1-12-10-17-18(11-12)14-7-4-3-6-13(14)15(2)8-5-9-16-15/h3-4,6-7,10-11,16H,5,8-9H2,1-2H3. The molecule has 3 heteroatoms. The smallest absolute Gasteiger partial charge is 0.0696 e. The number of hydrogen-bond acceptors (Lipinski definition) is 2. The molecule has 1 aromatic heterocycles. The highest BCUT2D eigenvalue weighted by molar-refractivity contribution is 5.45. The van der Waals surface area contributed by atoms with Crippen LogP contribution in [0.5, 0.6) is 0 Å². The second-order valence-electron chi connectivity index (χ2n) is 5.34. The first-order valence-electron chi connectivity index (χ1n) is 6.55. The number of aryl methyl sites for hydroxylation is 1. The Kier molecular flexibility index (Phi) is 2.71. The van der Waals surface area contributed by atoms with Crippen molar-refractivity contribution in [3.8, 4) is 5.69 Å². The molecule has 0 saturated carbocycles. The van der Waals surface area contributed by atoms with Crippen LogP contribution in [0, 0.1) is 6.92 Å². The maximum absolute atomic E-state index is 4.44. The number of hydrogen-bond donors (Lipinski definition) is 1. The Morgan fingerprint density at radius 3 is 2.83 bits per heavy atom. The molecule has 1 aliphatic rings. The van der Waals surface area contributed by atoms with E-state index < -0.39 is 0 Å². The Morgan fingerprint density at radius 1 is 1.33 bits per heavy atom. The van der Waals surface area contributed by atoms with Crippen LogP contribution in [-0.4, -0.2) is 16.3 Å². The molecule has 94 valence electrons. The van der Waals surface area contributed by atoms with Crippen molar-refractivity contribution in [3.63, 3.8) is 0 Å². The molecule has 1 aliphatic heterocycles. The minimum atomic E-state index is 0.0798. The highest BCUT2D eigenvalue weighted by Crippen LogP contribution is 2.33. The fraction of sp³-hybridized carbons (Fsp3) is 0.400. The predicted molar refractivity (Wildman–Crippen MR) is 72.9 cm³/mol. The fourth-order valence-corrected chi connectivity index (χ4v) is 2.81. The average molecular weight is 241 g/mol. The van der Waals surface area contributed by atoms with E-state index in [9.17, 15) is 0 Å². The van der Waals surface area contributed by atoms with Gasteiger partial charge in [-0.15, -0.1) is 0 Å². The lowest BCUT2D eigenvalue weighted by atomic mass is 9.89. The van der Waals surface area contributed by atoms with E-state index in [4.69, 9.17) is 0 Å². The van der Waals surface area contributed by atoms with Gasteiger partial charge in [0.25, 0.3) is 0 Å². The van der Waals surface area contributed by atoms with Crippen molar-refractivity contribution in [2.24, 2.45) is 0 Å². The maximum Gasteiger partial charge on any atom is 0.0696 e. The van der Waals surface area contributed by atoms with Crippen molar-refractivity contribution in [1.82, 2.24) is 15.1 Å². The van der Waals surface area contributed by atoms with Gasteiger partial charge in [-0.05, 0) is 50.4 Å². The van der Waals surface area contributed by atoms with Gasteiger partial charge in [0, 0.05) is 11.7 Å². The summed E-state index contributed by atoms with van der Waals surface area (Å²) in [5.74, 6) is 0. The Morgan fingerprint density at radius 2 is 2.17 bits per heavy atom. The van der Waals surface area contributed by atoms with Crippen LogP contribution < -0.4 is 5.32 Å². The number of nitrogens with zero attached hydrogens (tertiary/aromatic N) is 2. The maximum atomic E-state index is 4.44. The van der Waals surface area contributed by atoms with Crippen LogP contribution in [0.4, 0.5) is 0 Å². The van der Waals surface area contributed by atoms with Crippen LogP contribution in [-0.2, 0) is 5.54 Å². The normalized spacial score (nSPS) is 23.4. The van der Waals surface area contributed by atoms with Crippen LogP contribution in [0.1, 0.15) is 30.9 Å². The van der Waals surface area contributed by atoms with Gasteiger partial charge < -0.3 is 5.32 Å². The summed E-state index contributed by atoms with van der Waals surface area (Å²) < 4.78 is 1.98. The van der Waals surface area contributed by atoms with Gasteiger partial charge in [-0.1, -0.05) is 18.2 Å². The van der Waals surface area contributed by atoms with Crippen LogP contribution >= 0.6 is 0 Å². The molecular formula is C15H19N3. The molecule has 1 unspecified atom stereocenters. The molecule has 0 spiro atoms. The van der Waals surface area contributed by atoms with Crippen molar-refractivity contribution in [1.29, 1.82) is 0 Å². The van der Waals surface area contributed by atoms with E-state index in [1.807, 2.05) is 10.9 Å². The molecule has 1 saturated heterocycles. The molecule has 3 nitrogen and oxygen atoms in total. The minimum Gasteiger partial charge on any atom is -0.308 e. The minimum absolute atomic E-state index is 0.0798. The molecule has 18 heavy (non-hydrogen) atoms. The van der Waals surface area contributed by atoms with Gasteiger partial charge in [-0.3, -0.25) is 0 Å². The average Bonchev–Trinajstić information content (AvgIpc) is 2.99. The number of rotatable bonds is 2. The third kappa shape index (κ3) is 1.85. The van der Waals surface area contributed by atoms with Gasteiger partial charge in [-0.25, -0.2) is 4.68 Å². The Hall–Kier alpha value is -1.61. The molecule has 1 atom stereocenters. The van der Waals surface area contributed by atoms with Crippen LogP contribution in [0.25, 0.3) is 5.69 Å². The summed E-state index contributed by atoms with van der Waals surface area (Å²) >= 11 is 0. The SMILES string of the molecule is Cc1cnn(-c2ccccc2C2(C)CCCN2)c1. The molecule has 0 bridgehead atoms. The second-order valence-corrected chi connectivity index (χ2v) is 5.34. The van der Waals surface area contributed by atoms with Crippen LogP contribution in [0.2, 0.25) is 0 Å². The van der Waals surface area contributed by atoms with E-state index >= 15 is 0 Å². The Balaban J connectivity index is 2.10. The van der Waals surface area contributed by atoms with E-state index in [0.29, 0.717) is 0 Å². The van der Waals surface area contributed by atoms with Gasteiger partial charge in [0.2, 0.25) is 0 Å². The van der Waals surface area contributed by atoms with Crippen molar-refractivity contribution >= 4 is 0 Å². The van der Waals surface area contributed by atoms with Gasteiger partial charge in [0.15, 0.2) is 0 Å². The lowest BCUT2D eigenvalue weighted by molar-refractivity contribution is 0.432. The monoisotopic (exact) mass is 241 g/mol. The summed E-state index contributed by atoms with van der Waals surface area (Å²) in [6.07, 6.45) is 6.41. The molecule has 1 aromatic carbocycles.